The van der Waals surface area contributed by atoms with E-state index in [9.17, 15) is 10.1 Å². The van der Waals surface area contributed by atoms with Crippen LogP contribution in [0.3, 0.4) is 0 Å². The normalized spacial score (nSPS) is 10.0. The van der Waals surface area contributed by atoms with E-state index in [1.54, 1.807) is 35.0 Å². The average Bonchev–Trinajstić information content (AvgIpc) is 2.78. The van der Waals surface area contributed by atoms with Crippen molar-refractivity contribution in [3.8, 4) is 6.07 Å². The Hall–Kier alpha value is -2.13. The summed E-state index contributed by atoms with van der Waals surface area (Å²) in [7, 11) is 0. The van der Waals surface area contributed by atoms with Gasteiger partial charge < -0.3 is 4.57 Å². The number of nitriles is 1. The Labute approximate surface area is 112 Å². The highest BCUT2D eigenvalue weighted by Gasteiger charge is 2.15. The van der Waals surface area contributed by atoms with Crippen molar-refractivity contribution >= 4 is 21.6 Å². The summed E-state index contributed by atoms with van der Waals surface area (Å²) in [4.78, 5) is 10.4. The number of hydrogen-bond donors (Lipinski definition) is 0. The second-order valence-electron chi connectivity index (χ2n) is 3.64. The molecule has 1 aromatic carbocycles. The minimum Gasteiger partial charge on any atom is -0.335 e. The molecular formula is C12H8BrN3O2. The monoisotopic (exact) mass is 305 g/mol. The summed E-state index contributed by atoms with van der Waals surface area (Å²) in [6.45, 7) is 0.415. The maximum absolute atomic E-state index is 10.8. The molecule has 0 spiro atoms. The molecule has 0 aliphatic rings. The van der Waals surface area contributed by atoms with E-state index in [-0.39, 0.29) is 5.69 Å². The standard InChI is InChI=1S/C12H8BrN3O2/c13-12-9(3-1-5-11(12)16(17)18)8-15-6-2-4-10(15)7-14/h1-6H,8H2. The molecule has 0 aliphatic heterocycles. The first kappa shape index (κ1) is 12.3. The second-order valence-corrected chi connectivity index (χ2v) is 4.43. The van der Waals surface area contributed by atoms with Gasteiger partial charge in [0.15, 0.2) is 0 Å². The quantitative estimate of drug-likeness (QED) is 0.646. The van der Waals surface area contributed by atoms with Crippen LogP contribution in [-0.2, 0) is 6.54 Å². The summed E-state index contributed by atoms with van der Waals surface area (Å²) in [5.41, 5.74) is 1.31. The fourth-order valence-electron chi connectivity index (χ4n) is 1.67. The summed E-state index contributed by atoms with van der Waals surface area (Å²) in [5, 5.41) is 19.7. The maximum atomic E-state index is 10.8. The zero-order chi connectivity index (χ0) is 13.1. The van der Waals surface area contributed by atoms with Gasteiger partial charge in [-0.05, 0) is 33.6 Å². The molecule has 5 nitrogen and oxygen atoms in total. The number of nitro groups is 1. The van der Waals surface area contributed by atoms with Crippen molar-refractivity contribution in [1.29, 1.82) is 5.26 Å². The van der Waals surface area contributed by atoms with Crippen molar-refractivity contribution in [1.82, 2.24) is 4.57 Å². The van der Waals surface area contributed by atoms with Crippen LogP contribution in [0.1, 0.15) is 11.3 Å². The summed E-state index contributed by atoms with van der Waals surface area (Å²) in [6.07, 6.45) is 1.77. The Morgan fingerprint density at radius 3 is 2.83 bits per heavy atom. The molecule has 0 bridgehead atoms. The first-order valence-corrected chi connectivity index (χ1v) is 5.90. The van der Waals surface area contributed by atoms with Crippen molar-refractivity contribution in [3.63, 3.8) is 0 Å². The molecule has 0 aliphatic carbocycles. The SMILES string of the molecule is N#Cc1cccn1Cc1cccc([N+](=O)[O-])c1Br. The van der Waals surface area contributed by atoms with Crippen molar-refractivity contribution in [3.05, 3.63) is 62.4 Å². The summed E-state index contributed by atoms with van der Waals surface area (Å²) in [5.74, 6) is 0. The van der Waals surface area contributed by atoms with E-state index < -0.39 is 4.92 Å². The fraction of sp³-hybridized carbons (Fsp3) is 0.0833. The smallest absolute Gasteiger partial charge is 0.283 e. The third-order valence-corrected chi connectivity index (χ3v) is 3.46. The van der Waals surface area contributed by atoms with E-state index in [0.717, 1.165) is 5.56 Å². The van der Waals surface area contributed by atoms with E-state index in [2.05, 4.69) is 22.0 Å². The van der Waals surface area contributed by atoms with Gasteiger partial charge in [-0.25, -0.2) is 0 Å². The molecule has 0 atom stereocenters. The number of nitro benzene ring substituents is 1. The molecule has 2 aromatic rings. The molecule has 0 saturated heterocycles. The molecule has 6 heteroatoms. The molecule has 2 rings (SSSR count). The van der Waals surface area contributed by atoms with Crippen molar-refractivity contribution in [2.75, 3.05) is 0 Å². The predicted octanol–water partition coefficient (Wildman–Crippen LogP) is 3.08. The van der Waals surface area contributed by atoms with Gasteiger partial charge >= 0.3 is 0 Å². The van der Waals surface area contributed by atoms with Gasteiger partial charge in [0.2, 0.25) is 0 Å². The van der Waals surface area contributed by atoms with Crippen LogP contribution < -0.4 is 0 Å². The van der Waals surface area contributed by atoms with Gasteiger partial charge in [-0.3, -0.25) is 10.1 Å². The van der Waals surface area contributed by atoms with Gasteiger partial charge in [0.1, 0.15) is 16.2 Å². The van der Waals surface area contributed by atoms with Gasteiger partial charge in [0.05, 0.1) is 4.92 Å². The van der Waals surface area contributed by atoms with Gasteiger partial charge in [-0.1, -0.05) is 12.1 Å². The number of benzene rings is 1. The van der Waals surface area contributed by atoms with Crippen molar-refractivity contribution in [2.24, 2.45) is 0 Å². The van der Waals surface area contributed by atoms with Gasteiger partial charge in [-0.2, -0.15) is 5.26 Å². The van der Waals surface area contributed by atoms with Crippen LogP contribution >= 0.6 is 15.9 Å². The largest absolute Gasteiger partial charge is 0.335 e. The molecule has 0 unspecified atom stereocenters. The number of aromatic nitrogens is 1. The molecule has 0 amide bonds. The van der Waals surface area contributed by atoms with E-state index in [4.69, 9.17) is 5.26 Å². The molecule has 0 radical (unpaired) electrons. The molecule has 0 saturated carbocycles. The van der Waals surface area contributed by atoms with E-state index in [1.807, 2.05) is 0 Å². The topological polar surface area (TPSA) is 71.9 Å². The predicted molar refractivity (Wildman–Crippen MR) is 69.0 cm³/mol. The van der Waals surface area contributed by atoms with Gasteiger partial charge in [0.25, 0.3) is 5.69 Å². The third-order valence-electron chi connectivity index (χ3n) is 2.54. The van der Waals surface area contributed by atoms with Gasteiger partial charge in [0, 0.05) is 18.8 Å². The number of rotatable bonds is 3. The lowest BCUT2D eigenvalue weighted by molar-refractivity contribution is -0.385. The minimum absolute atomic E-state index is 0.0261. The van der Waals surface area contributed by atoms with Crippen LogP contribution in [0.15, 0.2) is 41.0 Å². The van der Waals surface area contributed by atoms with Crippen LogP contribution in [0.4, 0.5) is 5.69 Å². The lowest BCUT2D eigenvalue weighted by Gasteiger charge is -2.07. The highest BCUT2D eigenvalue weighted by Crippen LogP contribution is 2.28. The molecule has 1 heterocycles. The zero-order valence-corrected chi connectivity index (χ0v) is 10.8. The number of hydrogen-bond acceptors (Lipinski definition) is 3. The Bertz CT molecular complexity index is 643. The number of nitrogens with zero attached hydrogens (tertiary/aromatic N) is 3. The number of halogens is 1. The highest BCUT2D eigenvalue weighted by atomic mass is 79.9. The van der Waals surface area contributed by atoms with Crippen molar-refractivity contribution in [2.45, 2.75) is 6.54 Å². The Kier molecular flexibility index (Phi) is 3.44. The molecule has 90 valence electrons. The Morgan fingerprint density at radius 2 is 2.17 bits per heavy atom. The van der Waals surface area contributed by atoms with Crippen molar-refractivity contribution < 1.29 is 4.92 Å². The first-order valence-electron chi connectivity index (χ1n) is 5.10. The van der Waals surface area contributed by atoms with Crippen LogP contribution in [0, 0.1) is 21.4 Å². The molecule has 0 N–H and O–H groups in total. The Balaban J connectivity index is 2.39. The molecule has 1 aromatic heterocycles. The van der Waals surface area contributed by atoms with E-state index in [1.165, 1.54) is 6.07 Å². The first-order chi connectivity index (χ1) is 8.63. The molecule has 18 heavy (non-hydrogen) atoms. The van der Waals surface area contributed by atoms with Gasteiger partial charge in [-0.15, -0.1) is 0 Å². The molecule has 0 fully saturated rings. The zero-order valence-electron chi connectivity index (χ0n) is 9.21. The van der Waals surface area contributed by atoms with Crippen LogP contribution in [0.25, 0.3) is 0 Å². The fourth-order valence-corrected chi connectivity index (χ4v) is 2.20. The summed E-state index contributed by atoms with van der Waals surface area (Å²) in [6, 6.07) is 10.4. The Morgan fingerprint density at radius 1 is 1.39 bits per heavy atom. The lowest BCUT2D eigenvalue weighted by Crippen LogP contribution is -2.02. The molecular weight excluding hydrogens is 298 g/mol. The summed E-state index contributed by atoms with van der Waals surface area (Å²) >= 11 is 3.24. The van der Waals surface area contributed by atoms with Crippen LogP contribution in [0.5, 0.6) is 0 Å². The average molecular weight is 306 g/mol. The maximum Gasteiger partial charge on any atom is 0.283 e. The van der Waals surface area contributed by atoms with Crippen LogP contribution in [0.2, 0.25) is 0 Å². The second kappa shape index (κ2) is 5.02. The third kappa shape index (κ3) is 2.26. The lowest BCUT2D eigenvalue weighted by atomic mass is 10.2. The van der Waals surface area contributed by atoms with Crippen LogP contribution in [-0.4, -0.2) is 9.49 Å². The summed E-state index contributed by atoms with van der Waals surface area (Å²) < 4.78 is 2.19. The minimum atomic E-state index is -0.436. The van der Waals surface area contributed by atoms with E-state index in [0.29, 0.717) is 16.7 Å². The highest BCUT2D eigenvalue weighted by molar-refractivity contribution is 9.10. The van der Waals surface area contributed by atoms with E-state index >= 15 is 0 Å².